The van der Waals surface area contributed by atoms with Crippen molar-refractivity contribution in [2.75, 3.05) is 25.9 Å². The Hall–Kier alpha value is -1.48. The predicted octanol–water partition coefficient (Wildman–Crippen LogP) is -0.865. The summed E-state index contributed by atoms with van der Waals surface area (Å²) in [6.45, 7) is 1.33. The Labute approximate surface area is 118 Å². The van der Waals surface area contributed by atoms with Crippen LogP contribution < -0.4 is 5.32 Å². The average Bonchev–Trinajstić information content (AvgIpc) is 2.91. The highest BCUT2D eigenvalue weighted by Gasteiger charge is 2.28. The molecule has 0 atom stereocenters. The van der Waals surface area contributed by atoms with Gasteiger partial charge in [-0.15, -0.1) is 0 Å². The molecule has 0 spiro atoms. The number of nitrogens with zero attached hydrogens (tertiary/aromatic N) is 3. The molecule has 8 nitrogen and oxygen atoms in total. The lowest BCUT2D eigenvalue weighted by atomic mass is 9.97. The third kappa shape index (κ3) is 4.01. The summed E-state index contributed by atoms with van der Waals surface area (Å²) in [5, 5.41) is 9.31. The van der Waals surface area contributed by atoms with Crippen LogP contribution in [0, 0.1) is 5.92 Å². The Morgan fingerprint density at radius 2 is 2.20 bits per heavy atom. The van der Waals surface area contributed by atoms with Gasteiger partial charge in [0.05, 0.1) is 6.26 Å². The van der Waals surface area contributed by atoms with Crippen molar-refractivity contribution in [2.45, 2.75) is 19.3 Å². The first-order valence-electron chi connectivity index (χ1n) is 6.54. The summed E-state index contributed by atoms with van der Waals surface area (Å²) in [4.78, 5) is 15.9. The first-order valence-corrected chi connectivity index (χ1v) is 8.38. The van der Waals surface area contributed by atoms with Crippen molar-refractivity contribution in [3.05, 3.63) is 12.2 Å². The highest BCUT2D eigenvalue weighted by molar-refractivity contribution is 7.88. The predicted molar refractivity (Wildman–Crippen MR) is 72.2 cm³/mol. The Morgan fingerprint density at radius 3 is 2.75 bits per heavy atom. The van der Waals surface area contributed by atoms with E-state index >= 15 is 0 Å². The van der Waals surface area contributed by atoms with Gasteiger partial charge < -0.3 is 5.32 Å². The first kappa shape index (κ1) is 14.9. The maximum Gasteiger partial charge on any atom is 0.223 e. The monoisotopic (exact) mass is 301 g/mol. The fraction of sp³-hybridized carbons (Fsp3) is 0.727. The van der Waals surface area contributed by atoms with E-state index in [-0.39, 0.29) is 11.8 Å². The number of piperidine rings is 1. The number of hydrogen-bond donors (Lipinski definition) is 2. The minimum absolute atomic E-state index is 0.0160. The van der Waals surface area contributed by atoms with Crippen molar-refractivity contribution in [1.29, 1.82) is 0 Å². The summed E-state index contributed by atoms with van der Waals surface area (Å²) in [5.74, 6) is 0.609. The molecule has 112 valence electrons. The minimum atomic E-state index is -3.14. The SMILES string of the molecule is CS(=O)(=O)N1CCC(C(=O)NCCc2ncn[nH]2)CC1. The molecule has 0 aromatic carbocycles. The number of H-pyrrole nitrogens is 1. The number of sulfonamides is 1. The van der Waals surface area contributed by atoms with Crippen LogP contribution in [0.1, 0.15) is 18.7 Å². The highest BCUT2D eigenvalue weighted by Crippen LogP contribution is 2.19. The molecule has 2 N–H and O–H groups in total. The lowest BCUT2D eigenvalue weighted by Gasteiger charge is -2.29. The van der Waals surface area contributed by atoms with Crippen LogP contribution >= 0.6 is 0 Å². The smallest absolute Gasteiger partial charge is 0.223 e. The molecule has 1 aromatic rings. The van der Waals surface area contributed by atoms with Gasteiger partial charge in [0, 0.05) is 32.0 Å². The summed E-state index contributed by atoms with van der Waals surface area (Å²) >= 11 is 0. The number of aromatic nitrogens is 3. The molecule has 1 aromatic heterocycles. The number of carbonyl (C=O) groups excluding carboxylic acids is 1. The van der Waals surface area contributed by atoms with Gasteiger partial charge in [-0.2, -0.15) is 5.10 Å². The van der Waals surface area contributed by atoms with E-state index in [0.29, 0.717) is 38.9 Å². The van der Waals surface area contributed by atoms with Crippen molar-refractivity contribution in [2.24, 2.45) is 5.92 Å². The van der Waals surface area contributed by atoms with E-state index < -0.39 is 10.0 Å². The molecule has 2 heterocycles. The van der Waals surface area contributed by atoms with E-state index in [9.17, 15) is 13.2 Å². The van der Waals surface area contributed by atoms with Crippen LogP contribution in [0.15, 0.2) is 6.33 Å². The van der Waals surface area contributed by atoms with Gasteiger partial charge in [0.15, 0.2) is 0 Å². The molecule has 0 unspecified atom stereocenters. The maximum absolute atomic E-state index is 12.0. The lowest BCUT2D eigenvalue weighted by Crippen LogP contribution is -2.42. The van der Waals surface area contributed by atoms with Crippen molar-refractivity contribution < 1.29 is 13.2 Å². The van der Waals surface area contributed by atoms with Crippen LogP contribution in [-0.2, 0) is 21.2 Å². The number of hydrogen-bond acceptors (Lipinski definition) is 5. The Balaban J connectivity index is 1.72. The summed E-state index contributed by atoms with van der Waals surface area (Å²) in [5.41, 5.74) is 0. The van der Waals surface area contributed by atoms with Gasteiger partial charge in [0.25, 0.3) is 0 Å². The van der Waals surface area contributed by atoms with Crippen LogP contribution in [0.25, 0.3) is 0 Å². The Bertz CT molecular complexity index is 534. The first-order chi connectivity index (χ1) is 9.47. The average molecular weight is 301 g/mol. The topological polar surface area (TPSA) is 108 Å². The molecule has 20 heavy (non-hydrogen) atoms. The summed E-state index contributed by atoms with van der Waals surface area (Å²) in [6.07, 6.45) is 4.37. The van der Waals surface area contributed by atoms with Gasteiger partial charge in [0.2, 0.25) is 15.9 Å². The van der Waals surface area contributed by atoms with Crippen LogP contribution in [0.3, 0.4) is 0 Å². The van der Waals surface area contributed by atoms with Crippen LogP contribution in [-0.4, -0.2) is 59.7 Å². The number of aromatic amines is 1. The van der Waals surface area contributed by atoms with Crippen molar-refractivity contribution in [1.82, 2.24) is 24.8 Å². The molecule has 1 fully saturated rings. The minimum Gasteiger partial charge on any atom is -0.355 e. The summed E-state index contributed by atoms with van der Waals surface area (Å²) in [7, 11) is -3.14. The van der Waals surface area contributed by atoms with Crippen molar-refractivity contribution in [3.8, 4) is 0 Å². The molecule has 9 heteroatoms. The standard InChI is InChI=1S/C11H19N5O3S/c1-20(18,19)16-6-3-9(4-7-16)11(17)12-5-2-10-13-8-14-15-10/h8-9H,2-7H2,1H3,(H,12,17)(H,13,14,15). The number of rotatable bonds is 5. The molecule has 0 radical (unpaired) electrons. The summed E-state index contributed by atoms with van der Waals surface area (Å²) in [6, 6.07) is 0. The molecule has 1 amide bonds. The van der Waals surface area contributed by atoms with E-state index in [1.165, 1.54) is 16.9 Å². The largest absolute Gasteiger partial charge is 0.355 e. The zero-order valence-electron chi connectivity index (χ0n) is 11.4. The van der Waals surface area contributed by atoms with Gasteiger partial charge in [-0.3, -0.25) is 9.89 Å². The lowest BCUT2D eigenvalue weighted by molar-refractivity contribution is -0.126. The second-order valence-corrected chi connectivity index (χ2v) is 6.89. The number of nitrogens with one attached hydrogen (secondary N) is 2. The molecule has 0 saturated carbocycles. The third-order valence-corrected chi connectivity index (χ3v) is 4.72. The number of amides is 1. The molecule has 1 aliphatic rings. The van der Waals surface area contributed by atoms with Gasteiger partial charge in [-0.25, -0.2) is 17.7 Å². The molecule has 0 aliphatic carbocycles. The Kier molecular flexibility index (Phi) is 4.71. The Morgan fingerprint density at radius 1 is 1.50 bits per heavy atom. The normalized spacial score (nSPS) is 18.1. The molecular formula is C11H19N5O3S. The number of carbonyl (C=O) groups is 1. The van der Waals surface area contributed by atoms with Gasteiger partial charge in [0.1, 0.15) is 12.2 Å². The molecule has 0 bridgehead atoms. The molecule has 2 rings (SSSR count). The van der Waals surface area contributed by atoms with E-state index in [2.05, 4.69) is 20.5 Å². The van der Waals surface area contributed by atoms with E-state index in [0.717, 1.165) is 5.82 Å². The van der Waals surface area contributed by atoms with Crippen molar-refractivity contribution in [3.63, 3.8) is 0 Å². The fourth-order valence-electron chi connectivity index (χ4n) is 2.25. The highest BCUT2D eigenvalue weighted by atomic mass is 32.2. The van der Waals surface area contributed by atoms with Gasteiger partial charge >= 0.3 is 0 Å². The van der Waals surface area contributed by atoms with E-state index in [1.54, 1.807) is 0 Å². The second-order valence-electron chi connectivity index (χ2n) is 4.91. The van der Waals surface area contributed by atoms with Crippen LogP contribution in [0.2, 0.25) is 0 Å². The van der Waals surface area contributed by atoms with Gasteiger partial charge in [-0.05, 0) is 12.8 Å². The van der Waals surface area contributed by atoms with E-state index in [4.69, 9.17) is 0 Å². The van der Waals surface area contributed by atoms with Crippen LogP contribution in [0.5, 0.6) is 0 Å². The van der Waals surface area contributed by atoms with E-state index in [1.807, 2.05) is 0 Å². The second kappa shape index (κ2) is 6.31. The van der Waals surface area contributed by atoms with Crippen molar-refractivity contribution >= 4 is 15.9 Å². The van der Waals surface area contributed by atoms with Crippen LogP contribution in [0.4, 0.5) is 0 Å². The van der Waals surface area contributed by atoms with Gasteiger partial charge in [-0.1, -0.05) is 0 Å². The fourth-order valence-corrected chi connectivity index (χ4v) is 3.12. The molecule has 1 aliphatic heterocycles. The quantitative estimate of drug-likeness (QED) is 0.735. The zero-order chi connectivity index (χ0) is 14.6. The molecular weight excluding hydrogens is 282 g/mol. The third-order valence-electron chi connectivity index (χ3n) is 3.42. The maximum atomic E-state index is 12.0. The molecule has 1 saturated heterocycles. The zero-order valence-corrected chi connectivity index (χ0v) is 12.2. The summed E-state index contributed by atoms with van der Waals surface area (Å²) < 4.78 is 24.2.